The first kappa shape index (κ1) is 13.9. The second kappa shape index (κ2) is 6.56. The van der Waals surface area contributed by atoms with Crippen LogP contribution < -0.4 is 10.6 Å². The van der Waals surface area contributed by atoms with E-state index in [9.17, 15) is 4.79 Å². The number of amides is 2. The number of aromatic nitrogens is 2. The summed E-state index contributed by atoms with van der Waals surface area (Å²) in [5, 5.41) is 9.84. The zero-order chi connectivity index (χ0) is 13.7. The van der Waals surface area contributed by atoms with Crippen molar-refractivity contribution < 1.29 is 4.79 Å². The van der Waals surface area contributed by atoms with Gasteiger partial charge in [-0.2, -0.15) is 5.10 Å². The topological polar surface area (TPSA) is 62.2 Å². The molecular formula is C13H23N5O. The van der Waals surface area contributed by atoms with Gasteiger partial charge in [-0.25, -0.2) is 4.79 Å². The lowest BCUT2D eigenvalue weighted by atomic mass is 10.1. The van der Waals surface area contributed by atoms with Gasteiger partial charge >= 0.3 is 6.03 Å². The summed E-state index contributed by atoms with van der Waals surface area (Å²) in [6.45, 7) is 9.06. The molecule has 1 fully saturated rings. The Balaban J connectivity index is 1.70. The van der Waals surface area contributed by atoms with E-state index in [1.54, 1.807) is 10.9 Å². The van der Waals surface area contributed by atoms with Crippen LogP contribution in [0.1, 0.15) is 20.3 Å². The number of carbonyl (C=O) groups is 1. The smallest absolute Gasteiger partial charge is 0.319 e. The number of likely N-dealkylation sites (tertiary alicyclic amines) is 1. The molecule has 2 amide bonds. The summed E-state index contributed by atoms with van der Waals surface area (Å²) in [6, 6.07) is -0.148. The van der Waals surface area contributed by atoms with Crippen LogP contribution in [0.2, 0.25) is 0 Å². The first-order valence-corrected chi connectivity index (χ1v) is 7.01. The molecule has 0 unspecified atom stereocenters. The van der Waals surface area contributed by atoms with Gasteiger partial charge in [-0.15, -0.1) is 0 Å². The summed E-state index contributed by atoms with van der Waals surface area (Å²) in [5.41, 5.74) is 0.737. The molecule has 1 atom stereocenters. The third-order valence-corrected chi connectivity index (χ3v) is 3.58. The Morgan fingerprint density at radius 1 is 1.47 bits per heavy atom. The molecule has 2 rings (SSSR count). The molecule has 0 radical (unpaired) electrons. The lowest BCUT2D eigenvalue weighted by Crippen LogP contribution is -2.34. The minimum atomic E-state index is -0.148. The van der Waals surface area contributed by atoms with E-state index in [1.807, 2.05) is 13.1 Å². The molecule has 106 valence electrons. The van der Waals surface area contributed by atoms with Gasteiger partial charge in [0.1, 0.15) is 0 Å². The van der Waals surface area contributed by atoms with Crippen LogP contribution in [0.25, 0.3) is 0 Å². The second-order valence-corrected chi connectivity index (χ2v) is 4.97. The maximum absolute atomic E-state index is 11.7. The number of aryl methyl sites for hydroxylation is 1. The Bertz CT molecular complexity index is 417. The molecule has 6 heteroatoms. The third-order valence-electron chi connectivity index (χ3n) is 3.58. The zero-order valence-electron chi connectivity index (χ0n) is 11.7. The highest BCUT2D eigenvalue weighted by molar-refractivity contribution is 5.88. The summed E-state index contributed by atoms with van der Waals surface area (Å²) < 4.78 is 1.78. The standard InChI is InChI=1S/C13H23N5O/c1-3-17-6-5-11(9-17)7-14-13(19)16-12-8-15-18(4-2)10-12/h8,10-11H,3-7,9H2,1-2H3,(H2,14,16,19)/t11-/m1/s1. The molecule has 1 saturated heterocycles. The van der Waals surface area contributed by atoms with E-state index in [4.69, 9.17) is 0 Å². The van der Waals surface area contributed by atoms with Crippen LogP contribution >= 0.6 is 0 Å². The van der Waals surface area contributed by atoms with Crippen molar-refractivity contribution in [3.63, 3.8) is 0 Å². The van der Waals surface area contributed by atoms with Gasteiger partial charge in [0.25, 0.3) is 0 Å². The van der Waals surface area contributed by atoms with Gasteiger partial charge in [0, 0.05) is 25.8 Å². The number of hydrogen-bond acceptors (Lipinski definition) is 3. The number of nitrogens with one attached hydrogen (secondary N) is 2. The molecule has 6 nitrogen and oxygen atoms in total. The van der Waals surface area contributed by atoms with Crippen molar-refractivity contribution in [2.24, 2.45) is 5.92 Å². The highest BCUT2D eigenvalue weighted by Crippen LogP contribution is 2.14. The molecule has 0 bridgehead atoms. The van der Waals surface area contributed by atoms with Crippen LogP contribution in [0.3, 0.4) is 0 Å². The fraction of sp³-hybridized carbons (Fsp3) is 0.692. The van der Waals surface area contributed by atoms with E-state index in [0.717, 1.165) is 38.4 Å². The summed E-state index contributed by atoms with van der Waals surface area (Å²) >= 11 is 0. The Hall–Kier alpha value is -1.56. The Morgan fingerprint density at radius 3 is 2.95 bits per heavy atom. The predicted octanol–water partition coefficient (Wildman–Crippen LogP) is 1.37. The van der Waals surface area contributed by atoms with Crippen molar-refractivity contribution >= 4 is 11.7 Å². The van der Waals surface area contributed by atoms with Crippen molar-refractivity contribution in [3.05, 3.63) is 12.4 Å². The fourth-order valence-corrected chi connectivity index (χ4v) is 2.38. The van der Waals surface area contributed by atoms with E-state index in [-0.39, 0.29) is 6.03 Å². The lowest BCUT2D eigenvalue weighted by molar-refractivity contribution is 0.250. The van der Waals surface area contributed by atoms with E-state index >= 15 is 0 Å². The van der Waals surface area contributed by atoms with Gasteiger partial charge in [0.05, 0.1) is 11.9 Å². The van der Waals surface area contributed by atoms with Gasteiger partial charge in [-0.05, 0) is 32.4 Å². The minimum absolute atomic E-state index is 0.148. The summed E-state index contributed by atoms with van der Waals surface area (Å²) in [5.74, 6) is 0.573. The van der Waals surface area contributed by atoms with E-state index < -0.39 is 0 Å². The van der Waals surface area contributed by atoms with Crippen LogP contribution in [0.5, 0.6) is 0 Å². The normalized spacial score (nSPS) is 19.6. The molecule has 1 aromatic heterocycles. The summed E-state index contributed by atoms with van der Waals surface area (Å²) in [4.78, 5) is 14.2. The quantitative estimate of drug-likeness (QED) is 0.845. The van der Waals surface area contributed by atoms with E-state index in [2.05, 4.69) is 27.6 Å². The van der Waals surface area contributed by atoms with Gasteiger partial charge in [-0.3, -0.25) is 4.68 Å². The second-order valence-electron chi connectivity index (χ2n) is 4.97. The van der Waals surface area contributed by atoms with Crippen molar-refractivity contribution in [2.75, 3.05) is 31.5 Å². The van der Waals surface area contributed by atoms with Crippen molar-refractivity contribution in [3.8, 4) is 0 Å². The number of hydrogen-bond donors (Lipinski definition) is 2. The van der Waals surface area contributed by atoms with Gasteiger partial charge in [-0.1, -0.05) is 6.92 Å². The number of anilines is 1. The lowest BCUT2D eigenvalue weighted by Gasteiger charge is -2.13. The van der Waals surface area contributed by atoms with Crippen LogP contribution in [0.15, 0.2) is 12.4 Å². The zero-order valence-corrected chi connectivity index (χ0v) is 11.7. The molecular weight excluding hydrogens is 242 g/mol. The Labute approximate surface area is 114 Å². The third kappa shape index (κ3) is 3.96. The van der Waals surface area contributed by atoms with Crippen molar-refractivity contribution in [1.29, 1.82) is 0 Å². The molecule has 0 saturated carbocycles. The maximum atomic E-state index is 11.7. The number of carbonyl (C=O) groups excluding carboxylic acids is 1. The minimum Gasteiger partial charge on any atom is -0.338 e. The van der Waals surface area contributed by atoms with Crippen LogP contribution in [0, 0.1) is 5.92 Å². The summed E-state index contributed by atoms with van der Waals surface area (Å²) in [7, 11) is 0. The molecule has 0 aromatic carbocycles. The highest BCUT2D eigenvalue weighted by Gasteiger charge is 2.21. The number of rotatable bonds is 5. The van der Waals surface area contributed by atoms with Gasteiger partial charge < -0.3 is 15.5 Å². The average Bonchev–Trinajstić information content (AvgIpc) is 3.04. The molecule has 1 aromatic rings. The van der Waals surface area contributed by atoms with E-state index in [1.165, 1.54) is 6.42 Å². The monoisotopic (exact) mass is 265 g/mol. The van der Waals surface area contributed by atoms with E-state index in [0.29, 0.717) is 5.92 Å². The average molecular weight is 265 g/mol. The first-order chi connectivity index (χ1) is 9.21. The maximum Gasteiger partial charge on any atom is 0.319 e. The Morgan fingerprint density at radius 2 is 2.32 bits per heavy atom. The first-order valence-electron chi connectivity index (χ1n) is 7.01. The molecule has 0 spiro atoms. The number of nitrogens with zero attached hydrogens (tertiary/aromatic N) is 3. The highest BCUT2D eigenvalue weighted by atomic mass is 16.2. The van der Waals surface area contributed by atoms with Crippen LogP contribution in [0.4, 0.5) is 10.5 Å². The molecule has 19 heavy (non-hydrogen) atoms. The molecule has 1 aliphatic rings. The molecule has 0 aliphatic carbocycles. The predicted molar refractivity (Wildman–Crippen MR) is 75.1 cm³/mol. The van der Waals surface area contributed by atoms with Gasteiger partial charge in [0.2, 0.25) is 0 Å². The molecule has 1 aliphatic heterocycles. The largest absolute Gasteiger partial charge is 0.338 e. The number of urea groups is 1. The van der Waals surface area contributed by atoms with Crippen LogP contribution in [-0.2, 0) is 6.54 Å². The SMILES string of the molecule is CCN1CC[C@H](CNC(=O)Nc2cnn(CC)c2)C1. The van der Waals surface area contributed by atoms with Gasteiger partial charge in [0.15, 0.2) is 0 Å². The van der Waals surface area contributed by atoms with Crippen LogP contribution in [-0.4, -0.2) is 46.9 Å². The molecule has 2 N–H and O–H groups in total. The van der Waals surface area contributed by atoms with Crippen molar-refractivity contribution in [1.82, 2.24) is 20.0 Å². The molecule has 2 heterocycles. The Kier molecular flexibility index (Phi) is 4.79. The van der Waals surface area contributed by atoms with Crippen molar-refractivity contribution in [2.45, 2.75) is 26.8 Å². The fourth-order valence-electron chi connectivity index (χ4n) is 2.38. The summed E-state index contributed by atoms with van der Waals surface area (Å²) in [6.07, 6.45) is 4.66.